The highest BCUT2D eigenvalue weighted by Crippen LogP contribution is 2.24. The number of alkyl halides is 3. The highest BCUT2D eigenvalue weighted by Gasteiger charge is 2.31. The molecule has 1 unspecified atom stereocenters. The summed E-state index contributed by atoms with van der Waals surface area (Å²) in [5.41, 5.74) is 5.83. The zero-order chi connectivity index (χ0) is 15.1. The fourth-order valence-electron chi connectivity index (χ4n) is 1.14. The zero-order valence-electron chi connectivity index (χ0n) is 10.8. The number of halogens is 3. The Morgan fingerprint density at radius 2 is 1.68 bits per heavy atom. The second-order valence-electron chi connectivity index (χ2n) is 3.12. The number of carbonyl (C=O) groups is 1. The van der Waals surface area contributed by atoms with Crippen LogP contribution in [0, 0.1) is 0 Å². The third-order valence-corrected chi connectivity index (χ3v) is 1.93. The lowest BCUT2D eigenvalue weighted by Gasteiger charge is -2.11. The van der Waals surface area contributed by atoms with E-state index in [4.69, 9.17) is 5.73 Å². The summed E-state index contributed by atoms with van der Waals surface area (Å²) in [5.74, 6) is -1.05. The number of hydrogen-bond donors (Lipinski definition) is 1. The lowest BCUT2D eigenvalue weighted by atomic mass is 10.1. The maximum atomic E-state index is 11.9. The topological polar surface area (TPSA) is 61.5 Å². The van der Waals surface area contributed by atoms with E-state index < -0.39 is 18.4 Å². The molecule has 0 spiro atoms. The van der Waals surface area contributed by atoms with Crippen molar-refractivity contribution in [3.8, 4) is 5.75 Å². The molecule has 19 heavy (non-hydrogen) atoms. The second kappa shape index (κ2) is 7.63. The molecule has 1 aromatic rings. The van der Waals surface area contributed by atoms with E-state index in [1.807, 2.05) is 13.8 Å². The Morgan fingerprint density at radius 1 is 1.21 bits per heavy atom. The second-order valence-corrected chi connectivity index (χ2v) is 3.12. The van der Waals surface area contributed by atoms with Crippen molar-refractivity contribution in [3.05, 3.63) is 29.8 Å². The molecule has 1 aromatic carbocycles. The van der Waals surface area contributed by atoms with E-state index >= 15 is 0 Å². The summed E-state index contributed by atoms with van der Waals surface area (Å²) in [6.07, 6.45) is -4.74. The van der Waals surface area contributed by atoms with Gasteiger partial charge in [0.05, 0.1) is 7.11 Å². The summed E-state index contributed by atoms with van der Waals surface area (Å²) in [7, 11) is 1.17. The van der Waals surface area contributed by atoms with Crippen molar-refractivity contribution in [3.63, 3.8) is 0 Å². The van der Waals surface area contributed by atoms with E-state index in [-0.39, 0.29) is 5.75 Å². The monoisotopic (exact) mass is 279 g/mol. The minimum absolute atomic E-state index is 0.339. The third kappa shape index (κ3) is 6.10. The lowest BCUT2D eigenvalue weighted by Crippen LogP contribution is -2.22. The first kappa shape index (κ1) is 17.2. The fourth-order valence-corrected chi connectivity index (χ4v) is 1.14. The van der Waals surface area contributed by atoms with Gasteiger partial charge in [0, 0.05) is 0 Å². The van der Waals surface area contributed by atoms with Crippen molar-refractivity contribution >= 4 is 5.97 Å². The van der Waals surface area contributed by atoms with Crippen LogP contribution >= 0.6 is 0 Å². The third-order valence-electron chi connectivity index (χ3n) is 1.93. The molecule has 2 N–H and O–H groups in total. The molecule has 0 saturated heterocycles. The largest absolute Gasteiger partial charge is 0.573 e. The van der Waals surface area contributed by atoms with E-state index in [0.717, 1.165) is 12.1 Å². The minimum Gasteiger partial charge on any atom is -0.468 e. The molecule has 0 bridgehead atoms. The van der Waals surface area contributed by atoms with E-state index in [2.05, 4.69) is 9.47 Å². The number of carbonyl (C=O) groups excluding carboxylic acids is 1. The number of ether oxygens (including phenoxy) is 2. The molecule has 0 radical (unpaired) electrons. The SMILES string of the molecule is CC.COC(=O)C(N)c1ccc(OC(F)(F)F)cc1. The minimum atomic E-state index is -4.74. The lowest BCUT2D eigenvalue weighted by molar-refractivity contribution is -0.274. The van der Waals surface area contributed by atoms with E-state index in [0.29, 0.717) is 5.56 Å². The van der Waals surface area contributed by atoms with Gasteiger partial charge >= 0.3 is 12.3 Å². The van der Waals surface area contributed by atoms with Crippen LogP contribution in [-0.2, 0) is 9.53 Å². The Bertz CT molecular complexity index is 390. The number of hydrogen-bond acceptors (Lipinski definition) is 4. The van der Waals surface area contributed by atoms with Crippen LogP contribution in [0.25, 0.3) is 0 Å². The zero-order valence-corrected chi connectivity index (χ0v) is 10.8. The Balaban J connectivity index is 0.00000154. The van der Waals surface area contributed by atoms with Gasteiger partial charge in [-0.3, -0.25) is 4.79 Å². The van der Waals surface area contributed by atoms with Crippen LogP contribution < -0.4 is 10.5 Å². The molecular weight excluding hydrogens is 263 g/mol. The van der Waals surface area contributed by atoms with Crippen molar-refractivity contribution in [2.45, 2.75) is 26.3 Å². The number of nitrogens with two attached hydrogens (primary N) is 1. The number of benzene rings is 1. The number of rotatable bonds is 3. The Labute approximate surface area is 109 Å². The highest BCUT2D eigenvalue weighted by atomic mass is 19.4. The van der Waals surface area contributed by atoms with Crippen LogP contribution in [0.15, 0.2) is 24.3 Å². The quantitative estimate of drug-likeness (QED) is 0.864. The van der Waals surface area contributed by atoms with E-state index in [1.165, 1.54) is 19.2 Å². The Kier molecular flexibility index (Phi) is 6.92. The molecule has 1 rings (SSSR count). The predicted octanol–water partition coefficient (Wildman–Crippen LogP) is 2.78. The summed E-state index contributed by atoms with van der Waals surface area (Å²) < 4.78 is 43.7. The van der Waals surface area contributed by atoms with Gasteiger partial charge in [0.15, 0.2) is 0 Å². The molecular formula is C12H16F3NO3. The van der Waals surface area contributed by atoms with Gasteiger partial charge < -0.3 is 15.2 Å². The fraction of sp³-hybridized carbons (Fsp3) is 0.417. The predicted molar refractivity (Wildman–Crippen MR) is 63.4 cm³/mol. The van der Waals surface area contributed by atoms with Crippen molar-refractivity contribution < 1.29 is 27.4 Å². The Hall–Kier alpha value is -1.76. The maximum absolute atomic E-state index is 11.9. The molecule has 7 heteroatoms. The molecule has 108 valence electrons. The maximum Gasteiger partial charge on any atom is 0.573 e. The van der Waals surface area contributed by atoms with Crippen LogP contribution in [0.3, 0.4) is 0 Å². The highest BCUT2D eigenvalue weighted by molar-refractivity contribution is 5.77. The smallest absolute Gasteiger partial charge is 0.468 e. The first-order chi connectivity index (χ1) is 8.83. The number of esters is 1. The van der Waals surface area contributed by atoms with Gasteiger partial charge in [-0.1, -0.05) is 26.0 Å². The van der Waals surface area contributed by atoms with Crippen molar-refractivity contribution in [1.82, 2.24) is 0 Å². The standard InChI is InChI=1S/C10H10F3NO3.C2H6/c1-16-9(15)8(14)6-2-4-7(5-3-6)17-10(11,12)13;1-2/h2-5,8H,14H2,1H3;1-2H3. The summed E-state index contributed by atoms with van der Waals surface area (Å²) in [5, 5.41) is 0. The van der Waals surface area contributed by atoms with Gasteiger partial charge in [-0.25, -0.2) is 0 Å². The van der Waals surface area contributed by atoms with Gasteiger partial charge in [-0.05, 0) is 17.7 Å². The van der Waals surface area contributed by atoms with E-state index in [9.17, 15) is 18.0 Å². The summed E-state index contributed by atoms with van der Waals surface area (Å²) >= 11 is 0. The molecule has 0 aliphatic rings. The van der Waals surface area contributed by atoms with Crippen LogP contribution in [-0.4, -0.2) is 19.4 Å². The van der Waals surface area contributed by atoms with Gasteiger partial charge in [-0.2, -0.15) is 0 Å². The first-order valence-corrected chi connectivity index (χ1v) is 5.52. The molecule has 0 amide bonds. The molecule has 1 atom stereocenters. The average Bonchev–Trinajstić information content (AvgIpc) is 2.38. The van der Waals surface area contributed by atoms with Crippen LogP contribution in [0.5, 0.6) is 5.75 Å². The molecule has 0 aromatic heterocycles. The van der Waals surface area contributed by atoms with Gasteiger partial charge in [0.25, 0.3) is 0 Å². The molecule has 0 saturated carbocycles. The molecule has 0 heterocycles. The van der Waals surface area contributed by atoms with Crippen molar-refractivity contribution in [2.75, 3.05) is 7.11 Å². The summed E-state index contributed by atoms with van der Waals surface area (Å²) in [6, 6.07) is 3.66. The summed E-state index contributed by atoms with van der Waals surface area (Å²) in [6.45, 7) is 4.00. The molecule has 4 nitrogen and oxygen atoms in total. The first-order valence-electron chi connectivity index (χ1n) is 5.52. The molecule has 0 aliphatic heterocycles. The van der Waals surface area contributed by atoms with Gasteiger partial charge in [-0.15, -0.1) is 13.2 Å². The van der Waals surface area contributed by atoms with Crippen molar-refractivity contribution in [1.29, 1.82) is 0 Å². The van der Waals surface area contributed by atoms with Gasteiger partial charge in [0.2, 0.25) is 0 Å². The number of methoxy groups -OCH3 is 1. The molecule has 0 fully saturated rings. The average molecular weight is 279 g/mol. The van der Waals surface area contributed by atoms with Crippen molar-refractivity contribution in [2.24, 2.45) is 5.73 Å². The normalized spacial score (nSPS) is 11.9. The molecule has 0 aliphatic carbocycles. The summed E-state index contributed by atoms with van der Waals surface area (Å²) in [4.78, 5) is 11.1. The Morgan fingerprint density at radius 3 is 2.05 bits per heavy atom. The van der Waals surface area contributed by atoms with Gasteiger partial charge in [0.1, 0.15) is 11.8 Å². The van der Waals surface area contributed by atoms with Crippen LogP contribution in [0.1, 0.15) is 25.5 Å². The van der Waals surface area contributed by atoms with Crippen LogP contribution in [0.4, 0.5) is 13.2 Å². The van der Waals surface area contributed by atoms with E-state index in [1.54, 1.807) is 0 Å². The van der Waals surface area contributed by atoms with Crippen LogP contribution in [0.2, 0.25) is 0 Å².